The summed E-state index contributed by atoms with van der Waals surface area (Å²) >= 11 is 6.32. The maximum absolute atomic E-state index is 12.3. The molecule has 0 aliphatic carbocycles. The fourth-order valence-electron chi connectivity index (χ4n) is 2.75. The van der Waals surface area contributed by atoms with Crippen LogP contribution in [0, 0.1) is 13.8 Å². The van der Waals surface area contributed by atoms with E-state index < -0.39 is 0 Å². The number of aromatic amines is 1. The van der Waals surface area contributed by atoms with Gasteiger partial charge in [0.25, 0.3) is 0 Å². The SMILES string of the molecule is Cc1cc2occ(CC(=O)N[C@@H](C)c3nc(N)n[nH]3)c2c(C)c1Cl. The Morgan fingerprint density at radius 1 is 1.50 bits per heavy atom. The Kier molecular flexibility index (Phi) is 4.19. The third-order valence-corrected chi connectivity index (χ3v) is 4.53. The third-order valence-electron chi connectivity index (χ3n) is 3.95. The number of carbonyl (C=O) groups is 1. The van der Waals surface area contributed by atoms with Gasteiger partial charge in [0.1, 0.15) is 11.4 Å². The molecule has 0 fully saturated rings. The fraction of sp³-hybridized carbons (Fsp3) is 0.312. The summed E-state index contributed by atoms with van der Waals surface area (Å²) in [6, 6.07) is 1.55. The van der Waals surface area contributed by atoms with Crippen LogP contribution in [-0.4, -0.2) is 21.1 Å². The number of furan rings is 1. The summed E-state index contributed by atoms with van der Waals surface area (Å²) < 4.78 is 5.58. The van der Waals surface area contributed by atoms with Crippen molar-refractivity contribution >= 4 is 34.4 Å². The minimum Gasteiger partial charge on any atom is -0.464 e. The van der Waals surface area contributed by atoms with Crippen molar-refractivity contribution in [3.8, 4) is 0 Å². The molecule has 3 rings (SSSR count). The first kappa shape index (κ1) is 16.3. The minimum atomic E-state index is -0.326. The van der Waals surface area contributed by atoms with Crippen molar-refractivity contribution < 1.29 is 9.21 Å². The van der Waals surface area contributed by atoms with Crippen LogP contribution in [0.5, 0.6) is 0 Å². The zero-order valence-corrected chi connectivity index (χ0v) is 14.4. The predicted molar refractivity (Wildman–Crippen MR) is 91.8 cm³/mol. The van der Waals surface area contributed by atoms with Gasteiger partial charge < -0.3 is 15.5 Å². The number of amides is 1. The van der Waals surface area contributed by atoms with Gasteiger partial charge in [0.2, 0.25) is 11.9 Å². The number of nitrogen functional groups attached to an aromatic ring is 1. The van der Waals surface area contributed by atoms with Crippen LogP contribution in [0.2, 0.25) is 5.02 Å². The molecule has 0 spiro atoms. The summed E-state index contributed by atoms with van der Waals surface area (Å²) in [4.78, 5) is 16.3. The zero-order valence-electron chi connectivity index (χ0n) is 13.6. The van der Waals surface area contributed by atoms with E-state index in [9.17, 15) is 4.79 Å². The Hall–Kier alpha value is -2.54. The highest BCUT2D eigenvalue weighted by molar-refractivity contribution is 6.33. The van der Waals surface area contributed by atoms with Gasteiger partial charge in [-0.05, 0) is 38.0 Å². The van der Waals surface area contributed by atoms with Crippen molar-refractivity contribution in [2.45, 2.75) is 33.2 Å². The molecule has 0 radical (unpaired) electrons. The summed E-state index contributed by atoms with van der Waals surface area (Å²) in [7, 11) is 0. The number of hydrogen-bond donors (Lipinski definition) is 3. The van der Waals surface area contributed by atoms with Crippen molar-refractivity contribution in [2.75, 3.05) is 5.73 Å². The number of benzene rings is 1. The standard InChI is InChI=1S/C16H18ClN5O2/c1-7-4-11-13(8(2)14(7)17)10(6-24-11)5-12(23)19-9(3)15-20-16(18)22-21-15/h4,6,9H,5H2,1-3H3,(H,19,23)(H3,18,20,21,22)/t9-/m0/s1. The molecule has 0 saturated heterocycles. The molecule has 126 valence electrons. The first-order chi connectivity index (χ1) is 11.4. The number of aromatic nitrogens is 3. The Morgan fingerprint density at radius 2 is 2.25 bits per heavy atom. The Morgan fingerprint density at radius 3 is 2.92 bits per heavy atom. The monoisotopic (exact) mass is 347 g/mol. The Bertz CT molecular complexity index is 915. The quantitative estimate of drug-likeness (QED) is 0.672. The van der Waals surface area contributed by atoms with Crippen LogP contribution < -0.4 is 11.1 Å². The second kappa shape index (κ2) is 6.16. The number of carbonyl (C=O) groups excluding carboxylic acids is 1. The molecule has 0 aliphatic rings. The molecule has 0 unspecified atom stereocenters. The van der Waals surface area contributed by atoms with E-state index in [1.54, 1.807) is 13.2 Å². The van der Waals surface area contributed by atoms with Crippen LogP contribution in [0.3, 0.4) is 0 Å². The number of halogens is 1. The number of fused-ring (bicyclic) bond motifs is 1. The largest absolute Gasteiger partial charge is 0.464 e. The smallest absolute Gasteiger partial charge is 0.239 e. The molecule has 3 aromatic rings. The Balaban J connectivity index is 1.80. The maximum Gasteiger partial charge on any atom is 0.239 e. The second-order valence-corrected chi connectivity index (χ2v) is 6.19. The summed E-state index contributed by atoms with van der Waals surface area (Å²) in [5.74, 6) is 0.497. The van der Waals surface area contributed by atoms with Gasteiger partial charge in [-0.3, -0.25) is 9.89 Å². The Labute approximate surface area is 143 Å². The number of anilines is 1. The molecular formula is C16H18ClN5O2. The summed E-state index contributed by atoms with van der Waals surface area (Å²) in [6.07, 6.45) is 1.78. The van der Waals surface area contributed by atoms with Gasteiger partial charge >= 0.3 is 0 Å². The number of aryl methyl sites for hydroxylation is 2. The number of rotatable bonds is 4. The van der Waals surface area contributed by atoms with Crippen LogP contribution in [0.1, 0.15) is 35.5 Å². The van der Waals surface area contributed by atoms with Crippen molar-refractivity contribution in [3.05, 3.63) is 39.9 Å². The summed E-state index contributed by atoms with van der Waals surface area (Å²) in [5.41, 5.74) is 8.86. The molecule has 0 saturated carbocycles. The van der Waals surface area contributed by atoms with E-state index in [2.05, 4.69) is 20.5 Å². The van der Waals surface area contributed by atoms with Gasteiger partial charge in [-0.15, -0.1) is 5.10 Å². The average molecular weight is 348 g/mol. The fourth-order valence-corrected chi connectivity index (χ4v) is 2.90. The third kappa shape index (κ3) is 2.94. The first-order valence-electron chi connectivity index (χ1n) is 7.49. The van der Waals surface area contributed by atoms with Crippen LogP contribution >= 0.6 is 11.6 Å². The molecule has 2 heterocycles. The maximum atomic E-state index is 12.3. The summed E-state index contributed by atoms with van der Waals surface area (Å²) in [6.45, 7) is 5.65. The molecule has 8 heteroatoms. The highest BCUT2D eigenvalue weighted by Crippen LogP contribution is 2.32. The van der Waals surface area contributed by atoms with E-state index in [1.165, 1.54) is 0 Å². The predicted octanol–water partition coefficient (Wildman–Crippen LogP) is 2.82. The topological polar surface area (TPSA) is 110 Å². The van der Waals surface area contributed by atoms with Gasteiger partial charge in [-0.2, -0.15) is 4.98 Å². The van der Waals surface area contributed by atoms with Gasteiger partial charge in [0.15, 0.2) is 0 Å². The minimum absolute atomic E-state index is 0.146. The lowest BCUT2D eigenvalue weighted by Gasteiger charge is -2.11. The second-order valence-electron chi connectivity index (χ2n) is 5.81. The van der Waals surface area contributed by atoms with Crippen molar-refractivity contribution in [3.63, 3.8) is 0 Å². The molecule has 1 amide bonds. The van der Waals surface area contributed by atoms with Gasteiger partial charge in [0.05, 0.1) is 18.7 Å². The molecule has 7 nitrogen and oxygen atoms in total. The van der Waals surface area contributed by atoms with Crippen molar-refractivity contribution in [1.29, 1.82) is 0 Å². The van der Waals surface area contributed by atoms with E-state index in [0.717, 1.165) is 27.7 Å². The van der Waals surface area contributed by atoms with E-state index in [1.807, 2.05) is 19.9 Å². The molecule has 24 heavy (non-hydrogen) atoms. The van der Waals surface area contributed by atoms with E-state index in [4.69, 9.17) is 21.8 Å². The highest BCUT2D eigenvalue weighted by Gasteiger charge is 2.18. The molecule has 0 aliphatic heterocycles. The molecule has 0 bridgehead atoms. The number of H-pyrrole nitrogens is 1. The first-order valence-corrected chi connectivity index (χ1v) is 7.87. The normalized spacial score (nSPS) is 12.5. The van der Waals surface area contributed by atoms with Crippen molar-refractivity contribution in [1.82, 2.24) is 20.5 Å². The van der Waals surface area contributed by atoms with Gasteiger partial charge in [-0.25, -0.2) is 0 Å². The lowest BCUT2D eigenvalue weighted by Crippen LogP contribution is -2.28. The molecule has 4 N–H and O–H groups in total. The van der Waals surface area contributed by atoms with Crippen molar-refractivity contribution in [2.24, 2.45) is 0 Å². The van der Waals surface area contributed by atoms with Gasteiger partial charge in [-0.1, -0.05) is 11.6 Å². The highest BCUT2D eigenvalue weighted by atomic mass is 35.5. The lowest BCUT2D eigenvalue weighted by molar-refractivity contribution is -0.121. The van der Waals surface area contributed by atoms with Crippen LogP contribution in [0.25, 0.3) is 11.0 Å². The van der Waals surface area contributed by atoms with E-state index >= 15 is 0 Å². The number of hydrogen-bond acceptors (Lipinski definition) is 5. The van der Waals surface area contributed by atoms with Crippen LogP contribution in [-0.2, 0) is 11.2 Å². The lowest BCUT2D eigenvalue weighted by atomic mass is 10.0. The zero-order chi connectivity index (χ0) is 17.4. The van der Waals surface area contributed by atoms with Crippen LogP contribution in [0.15, 0.2) is 16.7 Å². The molecule has 1 aromatic carbocycles. The van der Waals surface area contributed by atoms with Crippen LogP contribution in [0.4, 0.5) is 5.95 Å². The number of nitrogens with two attached hydrogens (primary N) is 1. The van der Waals surface area contributed by atoms with E-state index in [0.29, 0.717) is 10.8 Å². The average Bonchev–Trinajstić information content (AvgIpc) is 3.11. The van der Waals surface area contributed by atoms with Gasteiger partial charge in [0, 0.05) is 16.0 Å². The number of nitrogens with one attached hydrogen (secondary N) is 2. The number of nitrogens with zero attached hydrogens (tertiary/aromatic N) is 2. The molecule has 1 atom stereocenters. The van der Waals surface area contributed by atoms with E-state index in [-0.39, 0.29) is 24.3 Å². The summed E-state index contributed by atoms with van der Waals surface area (Å²) in [5, 5.41) is 10.9. The molecular weight excluding hydrogens is 330 g/mol. The molecule has 2 aromatic heterocycles.